The minimum absolute atomic E-state index is 0.00632. The zero-order chi connectivity index (χ0) is 15.5. The third kappa shape index (κ3) is 2.83. The zero-order valence-corrected chi connectivity index (χ0v) is 12.7. The molecule has 0 bridgehead atoms. The van der Waals surface area contributed by atoms with Gasteiger partial charge in [0.15, 0.2) is 0 Å². The summed E-state index contributed by atoms with van der Waals surface area (Å²) in [4.78, 5) is 17.8. The molecule has 0 saturated carbocycles. The fourth-order valence-corrected chi connectivity index (χ4v) is 2.70. The highest BCUT2D eigenvalue weighted by atomic mass is 16.7. The van der Waals surface area contributed by atoms with Gasteiger partial charge in [-0.2, -0.15) is 0 Å². The zero-order valence-electron chi connectivity index (χ0n) is 12.7. The number of benzene rings is 2. The van der Waals surface area contributed by atoms with Crippen molar-refractivity contribution in [3.8, 4) is 0 Å². The molecule has 2 aromatic rings. The fourth-order valence-electron chi connectivity index (χ4n) is 2.70. The summed E-state index contributed by atoms with van der Waals surface area (Å²) < 4.78 is 0. The Kier molecular flexibility index (Phi) is 4.11. The molecule has 0 radical (unpaired) electrons. The average molecular weight is 296 g/mol. The van der Waals surface area contributed by atoms with E-state index in [1.807, 2.05) is 24.3 Å². The molecule has 114 valence electrons. The number of rotatable bonds is 3. The van der Waals surface area contributed by atoms with E-state index in [9.17, 15) is 4.79 Å². The lowest BCUT2D eigenvalue weighted by Gasteiger charge is -2.32. The second-order valence-electron chi connectivity index (χ2n) is 5.49. The maximum absolute atomic E-state index is 12.2. The number of hydrogen-bond donors (Lipinski definition) is 1. The molecule has 3 rings (SSSR count). The molecule has 0 aliphatic carbocycles. The number of hydroxylamine groups is 1. The Bertz CT molecular complexity index is 670. The summed E-state index contributed by atoms with van der Waals surface area (Å²) >= 11 is 0. The molecule has 4 nitrogen and oxygen atoms in total. The van der Waals surface area contributed by atoms with Gasteiger partial charge in [0.2, 0.25) is 0 Å². The Labute approximate surface area is 130 Å². The highest BCUT2D eigenvalue weighted by Gasteiger charge is 2.25. The van der Waals surface area contributed by atoms with Crippen LogP contribution in [0.2, 0.25) is 0 Å². The van der Waals surface area contributed by atoms with Gasteiger partial charge in [0.1, 0.15) is 0 Å². The maximum Gasteiger partial charge on any atom is 0.363 e. The number of aryl methyl sites for hydroxylation is 1. The molecule has 0 aromatic heterocycles. The van der Waals surface area contributed by atoms with Crippen molar-refractivity contribution in [3.63, 3.8) is 0 Å². The summed E-state index contributed by atoms with van der Waals surface area (Å²) in [6, 6.07) is 15.2. The molecule has 1 heterocycles. The van der Waals surface area contributed by atoms with Crippen molar-refractivity contribution in [3.05, 3.63) is 65.2 Å². The molecule has 1 aliphatic rings. The normalized spacial score (nSPS) is 17.0. The van der Waals surface area contributed by atoms with Gasteiger partial charge in [0, 0.05) is 6.04 Å². The van der Waals surface area contributed by atoms with Gasteiger partial charge in [0.25, 0.3) is 0 Å². The number of hydrogen-bond acceptors (Lipinski definition) is 4. The van der Waals surface area contributed by atoms with Crippen LogP contribution in [0.1, 0.15) is 40.9 Å². The average Bonchev–Trinajstić information content (AvgIpc) is 2.58. The Balaban J connectivity index is 1.85. The first-order valence-corrected chi connectivity index (χ1v) is 7.62. The predicted octanol–water partition coefficient (Wildman–Crippen LogP) is 3.23. The van der Waals surface area contributed by atoms with Gasteiger partial charge in [-0.15, -0.1) is 0 Å². The van der Waals surface area contributed by atoms with Gasteiger partial charge in [-0.05, 0) is 42.2 Å². The first kappa shape index (κ1) is 14.6. The summed E-state index contributed by atoms with van der Waals surface area (Å²) in [5.41, 5.74) is 9.93. The van der Waals surface area contributed by atoms with Crippen LogP contribution >= 0.6 is 0 Å². The van der Waals surface area contributed by atoms with Gasteiger partial charge in [-0.25, -0.2) is 9.86 Å². The summed E-state index contributed by atoms with van der Waals surface area (Å²) in [7, 11) is 0. The Morgan fingerprint density at radius 2 is 2.05 bits per heavy atom. The topological polar surface area (TPSA) is 55.6 Å². The van der Waals surface area contributed by atoms with E-state index < -0.39 is 0 Å². The lowest BCUT2D eigenvalue weighted by Crippen LogP contribution is -2.35. The van der Waals surface area contributed by atoms with Crippen molar-refractivity contribution >= 4 is 11.7 Å². The Morgan fingerprint density at radius 1 is 1.27 bits per heavy atom. The predicted molar refractivity (Wildman–Crippen MR) is 86.6 cm³/mol. The van der Waals surface area contributed by atoms with Crippen LogP contribution in [0.5, 0.6) is 0 Å². The van der Waals surface area contributed by atoms with Crippen molar-refractivity contribution in [1.82, 2.24) is 0 Å². The third-order valence-electron chi connectivity index (χ3n) is 4.01. The molecule has 22 heavy (non-hydrogen) atoms. The fraction of sp³-hybridized carbons (Fsp3) is 0.278. The molecule has 2 N–H and O–H groups in total. The van der Waals surface area contributed by atoms with Crippen LogP contribution in [0.25, 0.3) is 0 Å². The summed E-state index contributed by atoms with van der Waals surface area (Å²) in [6.45, 7) is 2.72. The van der Waals surface area contributed by atoms with Crippen LogP contribution in [0, 0.1) is 0 Å². The minimum Gasteiger partial charge on any atom is -0.335 e. The van der Waals surface area contributed by atoms with Gasteiger partial charge < -0.3 is 10.6 Å². The van der Waals surface area contributed by atoms with Crippen LogP contribution in [0.4, 0.5) is 5.69 Å². The van der Waals surface area contributed by atoms with Gasteiger partial charge in [0.05, 0.1) is 17.8 Å². The van der Waals surface area contributed by atoms with E-state index in [-0.39, 0.29) is 12.0 Å². The van der Waals surface area contributed by atoms with Crippen molar-refractivity contribution in [2.45, 2.75) is 25.8 Å². The highest BCUT2D eigenvalue weighted by molar-refractivity contribution is 5.90. The van der Waals surface area contributed by atoms with Crippen LogP contribution < -0.4 is 10.8 Å². The van der Waals surface area contributed by atoms with Gasteiger partial charge in [-0.3, -0.25) is 0 Å². The number of carbonyl (C=O) groups excluding carboxylic acids is 1. The van der Waals surface area contributed by atoms with E-state index in [1.165, 1.54) is 5.56 Å². The Morgan fingerprint density at radius 3 is 2.77 bits per heavy atom. The molecule has 1 aliphatic heterocycles. The molecule has 0 fully saturated rings. The smallest absolute Gasteiger partial charge is 0.335 e. The summed E-state index contributed by atoms with van der Waals surface area (Å²) in [5, 5.41) is 1.66. The maximum atomic E-state index is 12.2. The molecular formula is C18H20N2O2. The lowest BCUT2D eigenvalue weighted by molar-refractivity contribution is 0.0438. The number of fused-ring (bicyclic) bond motifs is 1. The third-order valence-corrected chi connectivity index (χ3v) is 4.01. The monoisotopic (exact) mass is 296 g/mol. The van der Waals surface area contributed by atoms with Crippen molar-refractivity contribution < 1.29 is 9.63 Å². The molecule has 1 unspecified atom stereocenters. The molecule has 0 saturated heterocycles. The van der Waals surface area contributed by atoms with Gasteiger partial charge >= 0.3 is 5.97 Å². The second-order valence-corrected chi connectivity index (χ2v) is 5.49. The molecule has 4 heteroatoms. The first-order chi connectivity index (χ1) is 10.7. The second kappa shape index (κ2) is 6.20. The SMILES string of the molecule is CCc1ccc2c(c1)C(N)CCN2OC(=O)c1ccccc1. The van der Waals surface area contributed by atoms with E-state index in [4.69, 9.17) is 10.6 Å². The molecular weight excluding hydrogens is 276 g/mol. The minimum atomic E-state index is -0.346. The van der Waals surface area contributed by atoms with Crippen LogP contribution in [0.3, 0.4) is 0 Å². The van der Waals surface area contributed by atoms with Crippen molar-refractivity contribution in [2.24, 2.45) is 5.73 Å². The molecule has 1 atom stereocenters. The van der Waals surface area contributed by atoms with E-state index >= 15 is 0 Å². The first-order valence-electron chi connectivity index (χ1n) is 7.62. The number of nitrogens with zero attached hydrogens (tertiary/aromatic N) is 1. The summed E-state index contributed by atoms with van der Waals surface area (Å²) in [5.74, 6) is -0.346. The van der Waals surface area contributed by atoms with Crippen LogP contribution in [0.15, 0.2) is 48.5 Å². The number of nitrogens with two attached hydrogens (primary N) is 1. The van der Waals surface area contributed by atoms with Crippen LogP contribution in [-0.4, -0.2) is 12.5 Å². The summed E-state index contributed by atoms with van der Waals surface area (Å²) in [6.07, 6.45) is 1.73. The van der Waals surface area contributed by atoms with E-state index in [0.717, 1.165) is 24.1 Å². The number of carbonyl (C=O) groups is 1. The lowest BCUT2D eigenvalue weighted by atomic mass is 9.96. The van der Waals surface area contributed by atoms with E-state index in [1.54, 1.807) is 17.2 Å². The Hall–Kier alpha value is -2.33. The number of anilines is 1. The largest absolute Gasteiger partial charge is 0.363 e. The highest BCUT2D eigenvalue weighted by Crippen LogP contribution is 2.33. The van der Waals surface area contributed by atoms with E-state index in [2.05, 4.69) is 19.1 Å². The quantitative estimate of drug-likeness (QED) is 0.944. The standard InChI is InChI=1S/C18H20N2O2/c1-2-13-8-9-17-15(12-13)16(19)10-11-20(17)22-18(21)14-6-4-3-5-7-14/h3-9,12,16H,2,10-11,19H2,1H3. The van der Waals surface area contributed by atoms with Crippen molar-refractivity contribution in [2.75, 3.05) is 11.6 Å². The van der Waals surface area contributed by atoms with Crippen LogP contribution in [-0.2, 0) is 11.3 Å². The molecule has 0 spiro atoms. The van der Waals surface area contributed by atoms with Crippen molar-refractivity contribution in [1.29, 1.82) is 0 Å². The van der Waals surface area contributed by atoms with Gasteiger partial charge in [-0.1, -0.05) is 37.3 Å². The molecule has 2 aromatic carbocycles. The molecule has 0 amide bonds. The van der Waals surface area contributed by atoms with E-state index in [0.29, 0.717) is 12.1 Å².